The molecular formula is C11H16N4S. The summed E-state index contributed by atoms with van der Waals surface area (Å²) in [6.07, 6.45) is 2.84. The fourth-order valence-corrected chi connectivity index (χ4v) is 2.18. The van der Waals surface area contributed by atoms with Crippen molar-refractivity contribution < 1.29 is 0 Å². The first-order valence-corrected chi connectivity index (χ1v) is 6.43. The maximum atomic E-state index is 4.25. The van der Waals surface area contributed by atoms with Crippen molar-refractivity contribution in [3.8, 4) is 0 Å². The second-order valence-corrected chi connectivity index (χ2v) is 4.26. The van der Waals surface area contributed by atoms with Crippen molar-refractivity contribution in [1.82, 2.24) is 20.1 Å². The monoisotopic (exact) mass is 236 g/mol. The third kappa shape index (κ3) is 2.90. The van der Waals surface area contributed by atoms with Crippen LogP contribution in [-0.2, 0) is 19.5 Å². The van der Waals surface area contributed by atoms with Crippen LogP contribution in [0.1, 0.15) is 18.3 Å². The Morgan fingerprint density at radius 2 is 2.44 bits per heavy atom. The zero-order valence-electron chi connectivity index (χ0n) is 9.39. The molecule has 0 aliphatic heterocycles. The highest BCUT2D eigenvalue weighted by Gasteiger charge is 2.00. The molecule has 0 unspecified atom stereocenters. The molecule has 2 rings (SSSR count). The van der Waals surface area contributed by atoms with Gasteiger partial charge in [-0.05, 0) is 13.0 Å². The predicted molar refractivity (Wildman–Crippen MR) is 65.4 cm³/mol. The molecule has 0 aliphatic rings. The lowest BCUT2D eigenvalue weighted by atomic mass is 10.3. The first kappa shape index (κ1) is 11.3. The molecule has 0 atom stereocenters. The molecule has 0 saturated heterocycles. The zero-order chi connectivity index (χ0) is 11.2. The van der Waals surface area contributed by atoms with Gasteiger partial charge in [-0.25, -0.2) is 4.98 Å². The van der Waals surface area contributed by atoms with Gasteiger partial charge in [-0.1, -0.05) is 0 Å². The molecule has 4 nitrogen and oxygen atoms in total. The Morgan fingerprint density at radius 3 is 3.19 bits per heavy atom. The van der Waals surface area contributed by atoms with Crippen LogP contribution in [0, 0.1) is 0 Å². The highest BCUT2D eigenvalue weighted by atomic mass is 32.1. The summed E-state index contributed by atoms with van der Waals surface area (Å²) < 4.78 is 2.01. The van der Waals surface area contributed by atoms with E-state index in [1.807, 2.05) is 16.4 Å². The summed E-state index contributed by atoms with van der Waals surface area (Å²) in [7, 11) is 0. The van der Waals surface area contributed by atoms with Crippen molar-refractivity contribution in [2.75, 3.05) is 6.54 Å². The first-order chi connectivity index (χ1) is 7.90. The second-order valence-electron chi connectivity index (χ2n) is 3.54. The fourth-order valence-electron chi connectivity index (χ4n) is 1.59. The van der Waals surface area contributed by atoms with E-state index in [1.54, 1.807) is 11.3 Å². The van der Waals surface area contributed by atoms with Gasteiger partial charge in [-0.2, -0.15) is 5.10 Å². The van der Waals surface area contributed by atoms with E-state index >= 15 is 0 Å². The number of hydrogen-bond donors (Lipinski definition) is 1. The minimum Gasteiger partial charge on any atom is -0.311 e. The highest BCUT2D eigenvalue weighted by Crippen LogP contribution is 2.01. The van der Waals surface area contributed by atoms with Gasteiger partial charge in [0.05, 0.1) is 16.9 Å². The second kappa shape index (κ2) is 5.77. The van der Waals surface area contributed by atoms with Gasteiger partial charge >= 0.3 is 0 Å². The average molecular weight is 236 g/mol. The number of nitrogens with one attached hydrogen (secondary N) is 1. The Hall–Kier alpha value is -1.20. The number of hydrogen-bond acceptors (Lipinski definition) is 4. The maximum Gasteiger partial charge on any atom is 0.0794 e. The lowest BCUT2D eigenvalue weighted by Gasteiger charge is -2.05. The van der Waals surface area contributed by atoms with Crippen molar-refractivity contribution >= 4 is 11.3 Å². The van der Waals surface area contributed by atoms with Crippen LogP contribution >= 0.6 is 11.3 Å². The molecule has 1 N–H and O–H groups in total. The van der Waals surface area contributed by atoms with Crippen LogP contribution in [0.4, 0.5) is 0 Å². The molecule has 0 bridgehead atoms. The average Bonchev–Trinajstić information content (AvgIpc) is 2.95. The third-order valence-electron chi connectivity index (χ3n) is 2.45. The van der Waals surface area contributed by atoms with E-state index in [1.165, 1.54) is 11.4 Å². The molecule has 0 saturated carbocycles. The van der Waals surface area contributed by atoms with E-state index in [0.717, 1.165) is 26.1 Å². The standard InChI is InChI=1S/C11H16N4S/c1-2-15-11(4-6-14-15)7-12-5-3-10-8-16-9-13-10/h4,6,8-9,12H,2-3,5,7H2,1H3. The Balaban J connectivity index is 1.72. The van der Waals surface area contributed by atoms with Crippen LogP contribution in [0.25, 0.3) is 0 Å². The Kier molecular flexibility index (Phi) is 4.07. The molecule has 0 aromatic carbocycles. The van der Waals surface area contributed by atoms with Gasteiger partial charge in [0, 0.05) is 37.6 Å². The van der Waals surface area contributed by atoms with E-state index in [0.29, 0.717) is 0 Å². The molecule has 86 valence electrons. The molecule has 2 aromatic rings. The van der Waals surface area contributed by atoms with E-state index in [2.05, 4.69) is 33.8 Å². The van der Waals surface area contributed by atoms with Gasteiger partial charge in [0.15, 0.2) is 0 Å². The van der Waals surface area contributed by atoms with Crippen molar-refractivity contribution in [3.05, 3.63) is 34.5 Å². The van der Waals surface area contributed by atoms with E-state index in [-0.39, 0.29) is 0 Å². The summed E-state index contributed by atoms with van der Waals surface area (Å²) in [5.41, 5.74) is 4.28. The number of nitrogens with zero attached hydrogens (tertiary/aromatic N) is 3. The van der Waals surface area contributed by atoms with Crippen LogP contribution in [0.2, 0.25) is 0 Å². The largest absolute Gasteiger partial charge is 0.311 e. The van der Waals surface area contributed by atoms with Crippen LogP contribution in [0.15, 0.2) is 23.2 Å². The highest BCUT2D eigenvalue weighted by molar-refractivity contribution is 7.07. The molecule has 0 radical (unpaired) electrons. The lowest BCUT2D eigenvalue weighted by Crippen LogP contribution is -2.19. The van der Waals surface area contributed by atoms with Crippen LogP contribution in [0.3, 0.4) is 0 Å². The third-order valence-corrected chi connectivity index (χ3v) is 3.09. The van der Waals surface area contributed by atoms with Gasteiger partial charge in [-0.3, -0.25) is 4.68 Å². The van der Waals surface area contributed by atoms with Crippen molar-refractivity contribution in [2.45, 2.75) is 26.4 Å². The normalized spacial score (nSPS) is 10.8. The van der Waals surface area contributed by atoms with Crippen LogP contribution < -0.4 is 5.32 Å². The molecule has 0 aliphatic carbocycles. The van der Waals surface area contributed by atoms with Gasteiger partial charge < -0.3 is 5.32 Å². The summed E-state index contributed by atoms with van der Waals surface area (Å²) >= 11 is 1.65. The summed E-state index contributed by atoms with van der Waals surface area (Å²) in [4.78, 5) is 4.25. The molecule has 0 spiro atoms. The molecule has 2 heterocycles. The SMILES string of the molecule is CCn1nccc1CNCCc1cscn1. The van der Waals surface area contributed by atoms with Gasteiger partial charge in [0.1, 0.15) is 0 Å². The topological polar surface area (TPSA) is 42.7 Å². The quantitative estimate of drug-likeness (QED) is 0.776. The maximum absolute atomic E-state index is 4.25. The Morgan fingerprint density at radius 1 is 1.50 bits per heavy atom. The summed E-state index contributed by atoms with van der Waals surface area (Å²) in [6, 6.07) is 2.05. The fraction of sp³-hybridized carbons (Fsp3) is 0.455. The van der Waals surface area contributed by atoms with Crippen molar-refractivity contribution in [3.63, 3.8) is 0 Å². The van der Waals surface area contributed by atoms with Crippen LogP contribution in [0.5, 0.6) is 0 Å². The van der Waals surface area contributed by atoms with Gasteiger partial charge in [0.25, 0.3) is 0 Å². The van der Waals surface area contributed by atoms with E-state index in [4.69, 9.17) is 0 Å². The molecular weight excluding hydrogens is 220 g/mol. The molecule has 0 fully saturated rings. The van der Waals surface area contributed by atoms with Gasteiger partial charge in [0.2, 0.25) is 0 Å². The smallest absolute Gasteiger partial charge is 0.0794 e. The van der Waals surface area contributed by atoms with Gasteiger partial charge in [-0.15, -0.1) is 11.3 Å². The van der Waals surface area contributed by atoms with Crippen molar-refractivity contribution in [1.29, 1.82) is 0 Å². The summed E-state index contributed by atoms with van der Waals surface area (Å²) in [6.45, 7) is 4.86. The number of rotatable bonds is 6. The minimum atomic E-state index is 0.873. The molecule has 16 heavy (non-hydrogen) atoms. The zero-order valence-corrected chi connectivity index (χ0v) is 10.2. The minimum absolute atomic E-state index is 0.873. The van der Waals surface area contributed by atoms with E-state index < -0.39 is 0 Å². The molecule has 0 amide bonds. The first-order valence-electron chi connectivity index (χ1n) is 5.48. The number of thiazole rings is 1. The molecule has 5 heteroatoms. The Bertz CT molecular complexity index is 407. The van der Waals surface area contributed by atoms with Crippen LogP contribution in [-0.4, -0.2) is 21.3 Å². The number of aromatic nitrogens is 3. The predicted octanol–water partition coefficient (Wildman–Crippen LogP) is 1.69. The summed E-state index contributed by atoms with van der Waals surface area (Å²) in [5.74, 6) is 0. The Labute approximate surface area is 99.3 Å². The van der Waals surface area contributed by atoms with Crippen molar-refractivity contribution in [2.24, 2.45) is 0 Å². The lowest BCUT2D eigenvalue weighted by molar-refractivity contribution is 0.581. The number of aryl methyl sites for hydroxylation is 1. The summed E-state index contributed by atoms with van der Waals surface area (Å²) in [5, 5.41) is 9.73. The van der Waals surface area contributed by atoms with E-state index in [9.17, 15) is 0 Å². The molecule has 2 aromatic heterocycles.